The lowest BCUT2D eigenvalue weighted by molar-refractivity contribution is 0.412. The highest BCUT2D eigenvalue weighted by molar-refractivity contribution is 5.56. The van der Waals surface area contributed by atoms with Crippen molar-refractivity contribution in [2.45, 2.75) is 19.8 Å². The molecule has 1 aromatic rings. The van der Waals surface area contributed by atoms with E-state index in [0.29, 0.717) is 16.9 Å². The van der Waals surface area contributed by atoms with Crippen molar-refractivity contribution in [3.05, 3.63) is 28.8 Å². The molecule has 0 amide bonds. The Morgan fingerprint density at radius 2 is 1.87 bits per heavy atom. The van der Waals surface area contributed by atoms with Crippen LogP contribution >= 0.6 is 0 Å². The van der Waals surface area contributed by atoms with Crippen molar-refractivity contribution in [1.82, 2.24) is 0 Å². The van der Waals surface area contributed by atoms with Crippen LogP contribution in [0.2, 0.25) is 0 Å². The van der Waals surface area contributed by atoms with Crippen LogP contribution in [0.15, 0.2) is 12.1 Å². The van der Waals surface area contributed by atoms with Gasteiger partial charge >= 0.3 is 0 Å². The Morgan fingerprint density at radius 3 is 2.27 bits per heavy atom. The van der Waals surface area contributed by atoms with E-state index in [1.807, 2.05) is 13.8 Å². The highest BCUT2D eigenvalue weighted by Gasteiger charge is 2.16. The summed E-state index contributed by atoms with van der Waals surface area (Å²) in [7, 11) is 1.52. The summed E-state index contributed by atoms with van der Waals surface area (Å²) in [5.74, 6) is 0.657. The summed E-state index contributed by atoms with van der Waals surface area (Å²) in [6, 6.07) is 7.54. The molecule has 0 saturated carbocycles. The van der Waals surface area contributed by atoms with Crippen LogP contribution in [0.1, 0.15) is 36.5 Å². The Morgan fingerprint density at radius 1 is 1.20 bits per heavy atom. The molecule has 0 unspecified atom stereocenters. The van der Waals surface area contributed by atoms with Gasteiger partial charge in [-0.05, 0) is 23.6 Å². The van der Waals surface area contributed by atoms with Gasteiger partial charge in [0.2, 0.25) is 0 Å². The lowest BCUT2D eigenvalue weighted by Crippen LogP contribution is -2.00. The highest BCUT2D eigenvalue weighted by atomic mass is 16.5. The molecule has 76 valence electrons. The molecule has 15 heavy (non-hydrogen) atoms. The summed E-state index contributed by atoms with van der Waals surface area (Å²) < 4.78 is 5.09. The molecule has 0 heterocycles. The largest absolute Gasteiger partial charge is 0.495 e. The summed E-state index contributed by atoms with van der Waals surface area (Å²) in [4.78, 5) is 0. The monoisotopic (exact) mass is 200 g/mol. The number of hydrogen-bond acceptors (Lipinski definition) is 3. The second-order valence-electron chi connectivity index (χ2n) is 3.48. The fourth-order valence-electron chi connectivity index (χ4n) is 1.58. The van der Waals surface area contributed by atoms with Crippen LogP contribution in [0.3, 0.4) is 0 Å². The lowest BCUT2D eigenvalue weighted by atomic mass is 9.92. The molecule has 0 aliphatic carbocycles. The topological polar surface area (TPSA) is 56.8 Å². The second-order valence-corrected chi connectivity index (χ2v) is 3.48. The van der Waals surface area contributed by atoms with E-state index in [1.165, 1.54) is 7.11 Å². The standard InChI is InChI=1S/C12H12N2O/c1-8(2)12-9(6-13)4-5-11(15-3)10(12)7-14/h4-5,8H,1-3H3. The van der Waals surface area contributed by atoms with Crippen molar-refractivity contribution >= 4 is 0 Å². The van der Waals surface area contributed by atoms with Crippen LogP contribution in [0.5, 0.6) is 5.75 Å². The maximum Gasteiger partial charge on any atom is 0.137 e. The van der Waals surface area contributed by atoms with E-state index in [-0.39, 0.29) is 5.92 Å². The van der Waals surface area contributed by atoms with Gasteiger partial charge in [0.15, 0.2) is 0 Å². The van der Waals surface area contributed by atoms with Gasteiger partial charge in [0.25, 0.3) is 0 Å². The van der Waals surface area contributed by atoms with Gasteiger partial charge in [0.05, 0.1) is 24.3 Å². The Bertz CT molecular complexity index is 450. The minimum absolute atomic E-state index is 0.129. The quantitative estimate of drug-likeness (QED) is 0.737. The maximum atomic E-state index is 9.06. The van der Waals surface area contributed by atoms with E-state index in [0.717, 1.165) is 5.56 Å². The first kappa shape index (κ1) is 11.1. The van der Waals surface area contributed by atoms with Gasteiger partial charge in [-0.1, -0.05) is 13.8 Å². The van der Waals surface area contributed by atoms with Crippen LogP contribution in [0.4, 0.5) is 0 Å². The maximum absolute atomic E-state index is 9.06. The number of methoxy groups -OCH3 is 1. The van der Waals surface area contributed by atoms with Gasteiger partial charge in [-0.15, -0.1) is 0 Å². The van der Waals surface area contributed by atoms with E-state index >= 15 is 0 Å². The van der Waals surface area contributed by atoms with Crippen molar-refractivity contribution < 1.29 is 4.74 Å². The SMILES string of the molecule is COc1ccc(C#N)c(C(C)C)c1C#N. The first-order chi connectivity index (χ1) is 7.15. The minimum atomic E-state index is 0.129. The van der Waals surface area contributed by atoms with E-state index in [2.05, 4.69) is 12.1 Å². The summed E-state index contributed by atoms with van der Waals surface area (Å²) in [6.45, 7) is 3.91. The molecule has 0 radical (unpaired) electrons. The molecule has 0 N–H and O–H groups in total. The van der Waals surface area contributed by atoms with Crippen molar-refractivity contribution in [3.8, 4) is 17.9 Å². The van der Waals surface area contributed by atoms with Crippen LogP contribution in [-0.2, 0) is 0 Å². The summed E-state index contributed by atoms with van der Waals surface area (Å²) >= 11 is 0. The summed E-state index contributed by atoms with van der Waals surface area (Å²) in [5, 5.41) is 18.0. The van der Waals surface area contributed by atoms with Crippen molar-refractivity contribution in [2.75, 3.05) is 7.11 Å². The fourth-order valence-corrected chi connectivity index (χ4v) is 1.58. The molecule has 3 heteroatoms. The average molecular weight is 200 g/mol. The number of rotatable bonds is 2. The minimum Gasteiger partial charge on any atom is -0.495 e. The second kappa shape index (κ2) is 4.48. The zero-order valence-corrected chi connectivity index (χ0v) is 9.03. The molecule has 0 fully saturated rings. The molecular formula is C12H12N2O. The molecule has 0 atom stereocenters. The molecule has 1 rings (SSSR count). The first-order valence-electron chi connectivity index (χ1n) is 4.66. The van der Waals surface area contributed by atoms with Gasteiger partial charge < -0.3 is 4.74 Å². The normalized spacial score (nSPS) is 9.47. The molecule has 0 bridgehead atoms. The number of benzene rings is 1. The molecule has 1 aromatic carbocycles. The fraction of sp³-hybridized carbons (Fsp3) is 0.333. The van der Waals surface area contributed by atoms with Crippen molar-refractivity contribution in [2.24, 2.45) is 0 Å². The van der Waals surface area contributed by atoms with E-state index in [1.54, 1.807) is 12.1 Å². The van der Waals surface area contributed by atoms with Gasteiger partial charge in [0, 0.05) is 0 Å². The Balaban J connectivity index is 3.55. The molecule has 0 aliphatic rings. The number of ether oxygens (including phenoxy) is 1. The zero-order valence-electron chi connectivity index (χ0n) is 9.03. The van der Waals surface area contributed by atoms with Gasteiger partial charge in [0.1, 0.15) is 11.8 Å². The lowest BCUT2D eigenvalue weighted by Gasteiger charge is -2.12. The number of hydrogen-bond donors (Lipinski definition) is 0. The third-order valence-electron chi connectivity index (χ3n) is 2.24. The molecule has 0 saturated heterocycles. The third-order valence-corrected chi connectivity index (χ3v) is 2.24. The molecule has 0 spiro atoms. The Kier molecular flexibility index (Phi) is 3.31. The predicted octanol–water partition coefficient (Wildman–Crippen LogP) is 2.56. The molecule has 0 aliphatic heterocycles. The highest BCUT2D eigenvalue weighted by Crippen LogP contribution is 2.30. The Hall–Kier alpha value is -2.00. The summed E-state index contributed by atoms with van der Waals surface area (Å²) in [6.07, 6.45) is 0. The average Bonchev–Trinajstić information content (AvgIpc) is 2.26. The van der Waals surface area contributed by atoms with Gasteiger partial charge in [-0.25, -0.2) is 0 Å². The smallest absolute Gasteiger partial charge is 0.137 e. The number of nitrogens with zero attached hydrogens (tertiary/aromatic N) is 2. The van der Waals surface area contributed by atoms with Crippen molar-refractivity contribution in [3.63, 3.8) is 0 Å². The van der Waals surface area contributed by atoms with Crippen LogP contribution in [0.25, 0.3) is 0 Å². The first-order valence-corrected chi connectivity index (χ1v) is 4.66. The Labute approximate surface area is 89.5 Å². The predicted molar refractivity (Wildman–Crippen MR) is 56.5 cm³/mol. The summed E-state index contributed by atoms with van der Waals surface area (Å²) in [5.41, 5.74) is 1.77. The van der Waals surface area contributed by atoms with Gasteiger partial charge in [-0.3, -0.25) is 0 Å². The third kappa shape index (κ3) is 1.92. The van der Waals surface area contributed by atoms with Crippen LogP contribution < -0.4 is 4.74 Å². The molecule has 3 nitrogen and oxygen atoms in total. The van der Waals surface area contributed by atoms with Crippen LogP contribution in [-0.4, -0.2) is 7.11 Å². The van der Waals surface area contributed by atoms with Crippen molar-refractivity contribution in [1.29, 1.82) is 10.5 Å². The number of nitriles is 2. The zero-order chi connectivity index (χ0) is 11.4. The van der Waals surface area contributed by atoms with E-state index in [4.69, 9.17) is 15.3 Å². The van der Waals surface area contributed by atoms with E-state index < -0.39 is 0 Å². The molecular weight excluding hydrogens is 188 g/mol. The molecule has 0 aromatic heterocycles. The van der Waals surface area contributed by atoms with Gasteiger partial charge in [-0.2, -0.15) is 10.5 Å². The van der Waals surface area contributed by atoms with E-state index in [9.17, 15) is 0 Å². The van der Waals surface area contributed by atoms with Crippen LogP contribution in [0, 0.1) is 22.7 Å².